The van der Waals surface area contributed by atoms with Crippen LogP contribution in [-0.4, -0.2) is 10.8 Å². The number of halogens is 2. The molecule has 0 aliphatic carbocycles. The molecule has 0 spiro atoms. The van der Waals surface area contributed by atoms with Crippen molar-refractivity contribution in [2.45, 2.75) is 0 Å². The van der Waals surface area contributed by atoms with Crippen LogP contribution in [0.25, 0.3) is 0 Å². The van der Waals surface area contributed by atoms with Crippen LogP contribution in [0.2, 0.25) is 5.02 Å². The third-order valence-electron chi connectivity index (χ3n) is 2.05. The Kier molecular flexibility index (Phi) is 3.36. The SMILES string of the molecule is O=C(c1cccc(Cl)c1)c1ccc(Br)cn1. The van der Waals surface area contributed by atoms with Crippen LogP contribution in [0.5, 0.6) is 0 Å². The molecule has 0 atom stereocenters. The summed E-state index contributed by atoms with van der Waals surface area (Å²) in [4.78, 5) is 16.0. The van der Waals surface area contributed by atoms with E-state index in [4.69, 9.17) is 11.6 Å². The van der Waals surface area contributed by atoms with E-state index < -0.39 is 0 Å². The molecule has 0 bridgehead atoms. The first-order chi connectivity index (χ1) is 7.66. The van der Waals surface area contributed by atoms with Crippen molar-refractivity contribution in [3.8, 4) is 0 Å². The predicted molar refractivity (Wildman–Crippen MR) is 66.8 cm³/mol. The number of ketones is 1. The van der Waals surface area contributed by atoms with Crippen LogP contribution in [0.3, 0.4) is 0 Å². The molecule has 0 N–H and O–H groups in total. The maximum Gasteiger partial charge on any atom is 0.211 e. The van der Waals surface area contributed by atoms with Gasteiger partial charge in [-0.2, -0.15) is 0 Å². The van der Waals surface area contributed by atoms with Gasteiger partial charge in [0.25, 0.3) is 0 Å². The average Bonchev–Trinajstić information content (AvgIpc) is 2.29. The maximum absolute atomic E-state index is 12.0. The first-order valence-electron chi connectivity index (χ1n) is 4.58. The van der Waals surface area contributed by atoms with Crippen molar-refractivity contribution in [3.05, 3.63) is 63.3 Å². The Bertz CT molecular complexity index is 525. The number of hydrogen-bond donors (Lipinski definition) is 0. The lowest BCUT2D eigenvalue weighted by molar-refractivity contribution is 0.103. The lowest BCUT2D eigenvalue weighted by Crippen LogP contribution is -2.03. The highest BCUT2D eigenvalue weighted by atomic mass is 79.9. The van der Waals surface area contributed by atoms with Crippen LogP contribution < -0.4 is 0 Å². The number of nitrogens with zero attached hydrogens (tertiary/aromatic N) is 1. The number of pyridine rings is 1. The molecule has 4 heteroatoms. The van der Waals surface area contributed by atoms with Crippen LogP contribution in [0.15, 0.2) is 47.1 Å². The summed E-state index contributed by atoms with van der Waals surface area (Å²) in [6.07, 6.45) is 1.60. The number of benzene rings is 1. The lowest BCUT2D eigenvalue weighted by atomic mass is 10.1. The molecule has 1 aromatic carbocycles. The standard InChI is InChI=1S/C12H7BrClNO/c13-9-4-5-11(15-7-9)12(16)8-2-1-3-10(14)6-8/h1-7H. The summed E-state index contributed by atoms with van der Waals surface area (Å²) >= 11 is 9.09. The first kappa shape index (κ1) is 11.3. The molecule has 0 saturated carbocycles. The molecule has 0 aliphatic heterocycles. The topological polar surface area (TPSA) is 30.0 Å². The summed E-state index contributed by atoms with van der Waals surface area (Å²) in [6.45, 7) is 0. The van der Waals surface area contributed by atoms with E-state index in [2.05, 4.69) is 20.9 Å². The molecule has 1 heterocycles. The van der Waals surface area contributed by atoms with Crippen molar-refractivity contribution >= 4 is 33.3 Å². The zero-order valence-corrected chi connectivity index (χ0v) is 10.5. The molecular formula is C12H7BrClNO. The summed E-state index contributed by atoms with van der Waals surface area (Å²) in [5.74, 6) is -0.130. The van der Waals surface area contributed by atoms with Gasteiger partial charge in [-0.25, -0.2) is 0 Å². The monoisotopic (exact) mass is 295 g/mol. The summed E-state index contributed by atoms with van der Waals surface area (Å²) in [6, 6.07) is 10.3. The Hall–Kier alpha value is -1.19. The molecule has 1 aromatic heterocycles. The molecular weight excluding hydrogens is 289 g/mol. The Balaban J connectivity index is 2.35. The quantitative estimate of drug-likeness (QED) is 0.790. The van der Waals surface area contributed by atoms with Crippen LogP contribution in [0, 0.1) is 0 Å². The normalized spacial score (nSPS) is 10.1. The minimum atomic E-state index is -0.130. The number of rotatable bonds is 2. The molecule has 0 amide bonds. The summed E-state index contributed by atoms with van der Waals surface area (Å²) in [7, 11) is 0. The summed E-state index contributed by atoms with van der Waals surface area (Å²) in [5.41, 5.74) is 0.952. The smallest absolute Gasteiger partial charge is 0.211 e. The molecule has 0 aliphatic rings. The third kappa shape index (κ3) is 2.49. The molecule has 0 radical (unpaired) electrons. The number of hydrogen-bond acceptors (Lipinski definition) is 2. The van der Waals surface area contributed by atoms with E-state index in [0.717, 1.165) is 4.47 Å². The van der Waals surface area contributed by atoms with Gasteiger partial charge in [-0.15, -0.1) is 0 Å². The highest BCUT2D eigenvalue weighted by molar-refractivity contribution is 9.10. The molecule has 0 saturated heterocycles. The van der Waals surface area contributed by atoms with Gasteiger partial charge in [-0.1, -0.05) is 23.7 Å². The van der Waals surface area contributed by atoms with E-state index in [1.165, 1.54) is 0 Å². The van der Waals surface area contributed by atoms with Crippen molar-refractivity contribution in [3.63, 3.8) is 0 Å². The molecule has 80 valence electrons. The predicted octanol–water partition coefficient (Wildman–Crippen LogP) is 3.73. The van der Waals surface area contributed by atoms with E-state index in [0.29, 0.717) is 16.3 Å². The maximum atomic E-state index is 12.0. The number of carbonyl (C=O) groups excluding carboxylic acids is 1. The van der Waals surface area contributed by atoms with Gasteiger partial charge in [0.15, 0.2) is 0 Å². The van der Waals surface area contributed by atoms with Gasteiger partial charge in [0.1, 0.15) is 5.69 Å². The van der Waals surface area contributed by atoms with Gasteiger partial charge >= 0.3 is 0 Å². The van der Waals surface area contributed by atoms with Crippen molar-refractivity contribution in [1.82, 2.24) is 4.98 Å². The highest BCUT2D eigenvalue weighted by Crippen LogP contribution is 2.15. The van der Waals surface area contributed by atoms with Gasteiger partial charge < -0.3 is 0 Å². The van der Waals surface area contributed by atoms with E-state index >= 15 is 0 Å². The van der Waals surface area contributed by atoms with E-state index in [1.807, 2.05) is 0 Å². The van der Waals surface area contributed by atoms with Crippen molar-refractivity contribution in [2.24, 2.45) is 0 Å². The van der Waals surface area contributed by atoms with Crippen LogP contribution in [-0.2, 0) is 0 Å². The van der Waals surface area contributed by atoms with Crippen molar-refractivity contribution < 1.29 is 4.79 Å². The van der Waals surface area contributed by atoms with Crippen molar-refractivity contribution in [1.29, 1.82) is 0 Å². The average molecular weight is 297 g/mol. The van der Waals surface area contributed by atoms with Crippen LogP contribution >= 0.6 is 27.5 Å². The summed E-state index contributed by atoms with van der Waals surface area (Å²) < 4.78 is 0.843. The molecule has 0 unspecified atom stereocenters. The summed E-state index contributed by atoms with van der Waals surface area (Å²) in [5, 5.41) is 0.544. The third-order valence-corrected chi connectivity index (χ3v) is 2.75. The zero-order valence-electron chi connectivity index (χ0n) is 8.15. The Morgan fingerprint density at radius 1 is 1.25 bits per heavy atom. The van der Waals surface area contributed by atoms with Gasteiger partial charge in [0.2, 0.25) is 5.78 Å². The largest absolute Gasteiger partial charge is 0.287 e. The van der Waals surface area contributed by atoms with Gasteiger partial charge in [-0.05, 0) is 40.2 Å². The van der Waals surface area contributed by atoms with Gasteiger partial charge in [0, 0.05) is 21.3 Å². The van der Waals surface area contributed by atoms with Crippen LogP contribution in [0.1, 0.15) is 16.1 Å². The fourth-order valence-corrected chi connectivity index (χ4v) is 1.71. The molecule has 2 nitrogen and oxygen atoms in total. The second-order valence-electron chi connectivity index (χ2n) is 3.20. The number of carbonyl (C=O) groups is 1. The Morgan fingerprint density at radius 3 is 2.69 bits per heavy atom. The first-order valence-corrected chi connectivity index (χ1v) is 5.76. The molecule has 2 rings (SSSR count). The fourth-order valence-electron chi connectivity index (χ4n) is 1.29. The Labute approximate surface area is 106 Å². The minimum Gasteiger partial charge on any atom is -0.287 e. The van der Waals surface area contributed by atoms with E-state index in [-0.39, 0.29) is 5.78 Å². The Morgan fingerprint density at radius 2 is 2.06 bits per heavy atom. The van der Waals surface area contributed by atoms with Gasteiger partial charge in [0.05, 0.1) is 0 Å². The molecule has 16 heavy (non-hydrogen) atoms. The van der Waals surface area contributed by atoms with E-state index in [1.54, 1.807) is 42.6 Å². The molecule has 0 fully saturated rings. The van der Waals surface area contributed by atoms with Gasteiger partial charge in [-0.3, -0.25) is 9.78 Å². The van der Waals surface area contributed by atoms with Crippen LogP contribution in [0.4, 0.5) is 0 Å². The highest BCUT2D eigenvalue weighted by Gasteiger charge is 2.10. The second kappa shape index (κ2) is 4.76. The van der Waals surface area contributed by atoms with E-state index in [9.17, 15) is 4.79 Å². The van der Waals surface area contributed by atoms with Crippen molar-refractivity contribution in [2.75, 3.05) is 0 Å². The molecule has 2 aromatic rings. The minimum absolute atomic E-state index is 0.130. The zero-order chi connectivity index (χ0) is 11.5. The second-order valence-corrected chi connectivity index (χ2v) is 4.55. The lowest BCUT2D eigenvalue weighted by Gasteiger charge is -2.00. The number of aromatic nitrogens is 1. The fraction of sp³-hybridized carbons (Fsp3) is 0.